The van der Waals surface area contributed by atoms with Gasteiger partial charge in [-0.15, -0.1) is 11.8 Å². The van der Waals surface area contributed by atoms with Gasteiger partial charge in [-0.05, 0) is 32.1 Å². The van der Waals surface area contributed by atoms with Crippen LogP contribution >= 0.6 is 11.8 Å². The number of aromatic carboxylic acids is 1. The number of carboxylic acid groups (broad SMARTS) is 1. The number of aryl methyl sites for hydroxylation is 1. The van der Waals surface area contributed by atoms with Gasteiger partial charge in [0.15, 0.2) is 0 Å². The molecule has 5 nitrogen and oxygen atoms in total. The smallest absolute Gasteiger partial charge is 0.340 e. The number of ether oxygens (including phenoxy) is 1. The van der Waals surface area contributed by atoms with Crippen LogP contribution < -0.4 is 0 Å². The standard InChI is InChI=1S/C14H18N2O3S/c1-8-11(14(17)18)13(16-12(15-8)10-2-3-10)20-7-9-4-5-19-6-9/h9-10H,2-7H2,1H3,(H,17,18). The summed E-state index contributed by atoms with van der Waals surface area (Å²) in [6.07, 6.45) is 3.29. The summed E-state index contributed by atoms with van der Waals surface area (Å²) in [4.78, 5) is 20.3. The number of rotatable bonds is 5. The Hall–Kier alpha value is -1.14. The van der Waals surface area contributed by atoms with Crippen molar-refractivity contribution in [2.45, 2.75) is 37.1 Å². The number of hydrogen-bond acceptors (Lipinski definition) is 5. The Morgan fingerprint density at radius 3 is 2.80 bits per heavy atom. The molecule has 1 aliphatic heterocycles. The van der Waals surface area contributed by atoms with E-state index in [1.807, 2.05) is 0 Å². The molecule has 3 rings (SSSR count). The summed E-state index contributed by atoms with van der Waals surface area (Å²) >= 11 is 1.53. The fourth-order valence-electron chi connectivity index (χ4n) is 2.35. The molecule has 0 amide bonds. The maximum absolute atomic E-state index is 11.4. The lowest BCUT2D eigenvalue weighted by molar-refractivity contribution is 0.0690. The van der Waals surface area contributed by atoms with Gasteiger partial charge in [0.1, 0.15) is 16.4 Å². The van der Waals surface area contributed by atoms with E-state index < -0.39 is 5.97 Å². The lowest BCUT2D eigenvalue weighted by Crippen LogP contribution is -2.11. The Labute approximate surface area is 122 Å². The van der Waals surface area contributed by atoms with Gasteiger partial charge in [0.25, 0.3) is 0 Å². The Morgan fingerprint density at radius 2 is 2.20 bits per heavy atom. The van der Waals surface area contributed by atoms with E-state index in [1.165, 1.54) is 11.8 Å². The van der Waals surface area contributed by atoms with Gasteiger partial charge in [0.2, 0.25) is 0 Å². The number of hydrogen-bond donors (Lipinski definition) is 1. The molecule has 1 aliphatic carbocycles. The highest BCUT2D eigenvalue weighted by Gasteiger charge is 2.29. The fourth-order valence-corrected chi connectivity index (χ4v) is 3.55. The van der Waals surface area contributed by atoms with E-state index in [-0.39, 0.29) is 5.56 Å². The minimum absolute atomic E-state index is 0.262. The Bertz CT molecular complexity index is 525. The molecule has 1 unspecified atom stereocenters. The first-order valence-corrected chi connectivity index (χ1v) is 7.96. The van der Waals surface area contributed by atoms with Crippen LogP contribution in [-0.2, 0) is 4.74 Å². The molecule has 0 bridgehead atoms. The lowest BCUT2D eigenvalue weighted by atomic mass is 10.2. The van der Waals surface area contributed by atoms with Crippen LogP contribution in [0.3, 0.4) is 0 Å². The molecule has 1 aromatic rings. The van der Waals surface area contributed by atoms with Crippen molar-refractivity contribution >= 4 is 17.7 Å². The zero-order valence-electron chi connectivity index (χ0n) is 11.5. The van der Waals surface area contributed by atoms with Crippen molar-refractivity contribution < 1.29 is 14.6 Å². The highest BCUT2D eigenvalue weighted by Crippen LogP contribution is 2.39. The van der Waals surface area contributed by atoms with Crippen LogP contribution in [0.25, 0.3) is 0 Å². The van der Waals surface area contributed by atoms with E-state index in [2.05, 4.69) is 9.97 Å². The summed E-state index contributed by atoms with van der Waals surface area (Å²) in [5.41, 5.74) is 0.845. The molecule has 20 heavy (non-hydrogen) atoms. The average Bonchev–Trinajstić information content (AvgIpc) is 3.12. The maximum atomic E-state index is 11.4. The third-order valence-electron chi connectivity index (χ3n) is 3.71. The molecule has 2 heterocycles. The van der Waals surface area contributed by atoms with Crippen LogP contribution in [-0.4, -0.2) is 40.0 Å². The predicted octanol–water partition coefficient (Wildman–Crippen LogP) is 2.49. The number of thioether (sulfide) groups is 1. The van der Waals surface area contributed by atoms with Crippen LogP contribution in [0.4, 0.5) is 0 Å². The van der Waals surface area contributed by atoms with Crippen molar-refractivity contribution in [2.24, 2.45) is 5.92 Å². The Balaban J connectivity index is 1.82. The Kier molecular flexibility index (Phi) is 3.94. The topological polar surface area (TPSA) is 72.3 Å². The summed E-state index contributed by atoms with van der Waals surface area (Å²) in [5, 5.41) is 9.99. The van der Waals surface area contributed by atoms with Crippen molar-refractivity contribution in [1.29, 1.82) is 0 Å². The number of carboxylic acids is 1. The maximum Gasteiger partial charge on any atom is 0.340 e. The van der Waals surface area contributed by atoms with Gasteiger partial charge >= 0.3 is 5.97 Å². The summed E-state index contributed by atoms with van der Waals surface area (Å²) < 4.78 is 5.36. The fraction of sp³-hybridized carbons (Fsp3) is 0.643. The van der Waals surface area contributed by atoms with Gasteiger partial charge in [0.05, 0.1) is 12.3 Å². The molecule has 108 valence electrons. The molecular formula is C14H18N2O3S. The van der Waals surface area contributed by atoms with E-state index in [9.17, 15) is 9.90 Å². The quantitative estimate of drug-likeness (QED) is 0.664. The molecule has 1 saturated carbocycles. The van der Waals surface area contributed by atoms with Crippen molar-refractivity contribution in [2.75, 3.05) is 19.0 Å². The van der Waals surface area contributed by atoms with Crippen LogP contribution in [0.2, 0.25) is 0 Å². The first-order valence-electron chi connectivity index (χ1n) is 6.97. The monoisotopic (exact) mass is 294 g/mol. The molecule has 0 aromatic carbocycles. The van der Waals surface area contributed by atoms with Crippen LogP contribution in [0.15, 0.2) is 5.03 Å². The van der Waals surface area contributed by atoms with E-state index in [4.69, 9.17) is 4.74 Å². The van der Waals surface area contributed by atoms with Crippen molar-refractivity contribution in [3.05, 3.63) is 17.1 Å². The molecule has 0 radical (unpaired) electrons. The molecule has 6 heteroatoms. The third-order valence-corrected chi connectivity index (χ3v) is 4.92. The largest absolute Gasteiger partial charge is 0.478 e. The second-order valence-corrected chi connectivity index (χ2v) is 6.48. The highest BCUT2D eigenvalue weighted by atomic mass is 32.2. The summed E-state index contributed by atoms with van der Waals surface area (Å²) in [6.45, 7) is 3.35. The van der Waals surface area contributed by atoms with Crippen LogP contribution in [0, 0.1) is 12.8 Å². The molecule has 1 atom stereocenters. The molecule has 1 N–H and O–H groups in total. The van der Waals surface area contributed by atoms with Gasteiger partial charge in [-0.3, -0.25) is 0 Å². The van der Waals surface area contributed by atoms with Gasteiger partial charge in [-0.2, -0.15) is 0 Å². The molecule has 1 saturated heterocycles. The molecule has 1 aromatic heterocycles. The minimum atomic E-state index is -0.935. The van der Waals surface area contributed by atoms with Crippen LogP contribution in [0.5, 0.6) is 0 Å². The first-order chi connectivity index (χ1) is 9.65. The zero-order chi connectivity index (χ0) is 14.1. The minimum Gasteiger partial charge on any atom is -0.478 e. The number of nitrogens with zero attached hydrogens (tertiary/aromatic N) is 2. The normalized spacial score (nSPS) is 22.1. The number of carbonyl (C=O) groups is 1. The molecule has 2 fully saturated rings. The van der Waals surface area contributed by atoms with Crippen molar-refractivity contribution in [3.8, 4) is 0 Å². The lowest BCUT2D eigenvalue weighted by Gasteiger charge is -2.11. The summed E-state index contributed by atoms with van der Waals surface area (Å²) in [5.74, 6) is 1.68. The van der Waals surface area contributed by atoms with E-state index in [0.717, 1.165) is 44.1 Å². The summed E-state index contributed by atoms with van der Waals surface area (Å²) in [6, 6.07) is 0. The second kappa shape index (κ2) is 5.69. The van der Waals surface area contributed by atoms with Gasteiger partial charge in [0, 0.05) is 18.3 Å². The SMILES string of the molecule is Cc1nc(C2CC2)nc(SCC2CCOC2)c1C(=O)O. The van der Waals surface area contributed by atoms with E-state index in [0.29, 0.717) is 22.6 Å². The summed E-state index contributed by atoms with van der Waals surface area (Å²) in [7, 11) is 0. The van der Waals surface area contributed by atoms with E-state index >= 15 is 0 Å². The van der Waals surface area contributed by atoms with Crippen molar-refractivity contribution in [3.63, 3.8) is 0 Å². The highest BCUT2D eigenvalue weighted by molar-refractivity contribution is 7.99. The molecular weight excluding hydrogens is 276 g/mol. The van der Waals surface area contributed by atoms with Crippen molar-refractivity contribution in [1.82, 2.24) is 9.97 Å². The first kappa shape index (κ1) is 13.8. The number of aromatic nitrogens is 2. The average molecular weight is 294 g/mol. The third kappa shape index (κ3) is 2.96. The zero-order valence-corrected chi connectivity index (χ0v) is 12.3. The molecule has 2 aliphatic rings. The predicted molar refractivity (Wildman–Crippen MR) is 75.4 cm³/mol. The van der Waals surface area contributed by atoms with Gasteiger partial charge in [-0.25, -0.2) is 14.8 Å². The van der Waals surface area contributed by atoms with E-state index in [1.54, 1.807) is 6.92 Å². The van der Waals surface area contributed by atoms with Gasteiger partial charge in [-0.1, -0.05) is 0 Å². The molecule has 0 spiro atoms. The second-order valence-electron chi connectivity index (χ2n) is 5.47. The van der Waals surface area contributed by atoms with Crippen LogP contribution in [0.1, 0.15) is 47.1 Å². The van der Waals surface area contributed by atoms with Gasteiger partial charge < -0.3 is 9.84 Å². The Morgan fingerprint density at radius 1 is 1.40 bits per heavy atom.